The fraction of sp³-hybridized carbons (Fsp3) is 0.214. The Labute approximate surface area is 115 Å². The Bertz CT molecular complexity index is 511. The molecule has 1 unspecified atom stereocenters. The van der Waals surface area contributed by atoms with E-state index >= 15 is 0 Å². The van der Waals surface area contributed by atoms with Crippen LogP contribution in [0, 0.1) is 0 Å². The number of benzene rings is 1. The van der Waals surface area contributed by atoms with Crippen LogP contribution in [0.3, 0.4) is 0 Å². The second-order valence-corrected chi connectivity index (χ2v) is 5.07. The summed E-state index contributed by atoms with van der Waals surface area (Å²) in [5, 5.41) is 0. The van der Waals surface area contributed by atoms with Gasteiger partial charge in [-0.2, -0.15) is 0 Å². The molecule has 1 heterocycles. The molecule has 0 bridgehead atoms. The topological polar surface area (TPSA) is 48.1 Å². The van der Waals surface area contributed by atoms with Gasteiger partial charge in [0.1, 0.15) is 5.75 Å². The zero-order chi connectivity index (χ0) is 13.0. The van der Waals surface area contributed by atoms with E-state index in [1.54, 1.807) is 6.20 Å². The molecule has 2 N–H and O–H groups in total. The monoisotopic (exact) mass is 306 g/mol. The average Bonchev–Trinajstić information content (AvgIpc) is 2.34. The van der Waals surface area contributed by atoms with E-state index in [2.05, 4.69) is 20.9 Å². The second kappa shape index (κ2) is 5.98. The number of rotatable bonds is 4. The van der Waals surface area contributed by atoms with Crippen molar-refractivity contribution >= 4 is 15.9 Å². The molecule has 0 aliphatic heterocycles. The maximum atomic E-state index is 5.74. The number of nitrogens with zero attached hydrogens (tertiary/aromatic N) is 1. The smallest absolute Gasteiger partial charge is 0.219 e. The number of halogens is 1. The molecule has 0 spiro atoms. The van der Waals surface area contributed by atoms with Gasteiger partial charge in [-0.25, -0.2) is 4.98 Å². The minimum atomic E-state index is 0.141. The van der Waals surface area contributed by atoms with Crippen molar-refractivity contribution < 1.29 is 4.74 Å². The summed E-state index contributed by atoms with van der Waals surface area (Å²) in [7, 11) is 0. The van der Waals surface area contributed by atoms with Crippen molar-refractivity contribution in [2.24, 2.45) is 5.73 Å². The maximum Gasteiger partial charge on any atom is 0.219 e. The number of hydrogen-bond donors (Lipinski definition) is 1. The molecule has 94 valence electrons. The molecule has 1 atom stereocenters. The van der Waals surface area contributed by atoms with E-state index in [1.165, 1.54) is 0 Å². The van der Waals surface area contributed by atoms with Crippen molar-refractivity contribution in [2.45, 2.75) is 19.4 Å². The first kappa shape index (κ1) is 13.1. The van der Waals surface area contributed by atoms with Crippen molar-refractivity contribution in [1.29, 1.82) is 0 Å². The van der Waals surface area contributed by atoms with Gasteiger partial charge in [0.2, 0.25) is 5.88 Å². The molecule has 1 aromatic carbocycles. The van der Waals surface area contributed by atoms with Crippen LogP contribution in [-0.2, 0) is 6.42 Å². The standard InChI is InChI=1S/C14H15BrN2O/c1-10(16)8-11-6-7-14(17-9-11)18-13-5-3-2-4-12(13)15/h2-7,9-10H,8,16H2,1H3. The minimum absolute atomic E-state index is 0.141. The summed E-state index contributed by atoms with van der Waals surface area (Å²) in [5.41, 5.74) is 6.86. The number of hydrogen-bond acceptors (Lipinski definition) is 3. The quantitative estimate of drug-likeness (QED) is 0.940. The normalized spacial score (nSPS) is 12.2. The van der Waals surface area contributed by atoms with E-state index in [-0.39, 0.29) is 6.04 Å². The number of ether oxygens (including phenoxy) is 1. The van der Waals surface area contributed by atoms with E-state index < -0.39 is 0 Å². The molecule has 1 aromatic heterocycles. The van der Waals surface area contributed by atoms with Gasteiger partial charge in [-0.1, -0.05) is 18.2 Å². The molecule has 18 heavy (non-hydrogen) atoms. The first-order valence-corrected chi connectivity index (χ1v) is 6.57. The van der Waals surface area contributed by atoms with E-state index in [1.807, 2.05) is 43.3 Å². The Morgan fingerprint density at radius 3 is 2.67 bits per heavy atom. The zero-order valence-electron chi connectivity index (χ0n) is 10.1. The predicted octanol–water partition coefficient (Wildman–Crippen LogP) is 3.53. The number of pyridine rings is 1. The van der Waals surface area contributed by atoms with Crippen LogP contribution in [0.2, 0.25) is 0 Å². The minimum Gasteiger partial charge on any atom is -0.438 e. The maximum absolute atomic E-state index is 5.74. The summed E-state index contributed by atoms with van der Waals surface area (Å²) in [6.07, 6.45) is 2.62. The fourth-order valence-corrected chi connectivity index (χ4v) is 1.97. The zero-order valence-corrected chi connectivity index (χ0v) is 11.7. The van der Waals surface area contributed by atoms with Gasteiger partial charge in [0.25, 0.3) is 0 Å². The van der Waals surface area contributed by atoms with Crippen LogP contribution in [0.25, 0.3) is 0 Å². The molecule has 2 aromatic rings. The SMILES string of the molecule is CC(N)Cc1ccc(Oc2ccccc2Br)nc1. The number of nitrogens with two attached hydrogens (primary N) is 1. The van der Waals surface area contributed by atoms with Crippen molar-refractivity contribution in [3.8, 4) is 11.6 Å². The van der Waals surface area contributed by atoms with Crippen LogP contribution in [0.4, 0.5) is 0 Å². The van der Waals surface area contributed by atoms with Crippen LogP contribution < -0.4 is 10.5 Å². The van der Waals surface area contributed by atoms with E-state index in [9.17, 15) is 0 Å². The highest BCUT2D eigenvalue weighted by Crippen LogP contribution is 2.28. The van der Waals surface area contributed by atoms with Gasteiger partial charge in [0, 0.05) is 18.3 Å². The highest BCUT2D eigenvalue weighted by molar-refractivity contribution is 9.10. The van der Waals surface area contributed by atoms with E-state index in [4.69, 9.17) is 10.5 Å². The molecule has 0 saturated heterocycles. The second-order valence-electron chi connectivity index (χ2n) is 4.22. The molecule has 2 rings (SSSR count). The van der Waals surface area contributed by atoms with Crippen molar-refractivity contribution in [1.82, 2.24) is 4.98 Å². The third-order valence-electron chi connectivity index (χ3n) is 2.41. The van der Waals surface area contributed by atoms with Gasteiger partial charge in [-0.05, 0) is 47.0 Å². The summed E-state index contributed by atoms with van der Waals surface area (Å²) in [4.78, 5) is 4.27. The lowest BCUT2D eigenvalue weighted by Crippen LogP contribution is -2.17. The highest BCUT2D eigenvalue weighted by atomic mass is 79.9. The van der Waals surface area contributed by atoms with Gasteiger partial charge >= 0.3 is 0 Å². The molecular weight excluding hydrogens is 292 g/mol. The van der Waals surface area contributed by atoms with E-state index in [0.29, 0.717) is 5.88 Å². The first-order chi connectivity index (χ1) is 8.65. The number of aromatic nitrogens is 1. The molecular formula is C14H15BrN2O. The van der Waals surface area contributed by atoms with Crippen molar-refractivity contribution in [2.75, 3.05) is 0 Å². The molecule has 0 radical (unpaired) electrons. The predicted molar refractivity (Wildman–Crippen MR) is 75.8 cm³/mol. The van der Waals surface area contributed by atoms with Crippen molar-refractivity contribution in [3.05, 3.63) is 52.6 Å². The Morgan fingerprint density at radius 2 is 2.06 bits per heavy atom. The summed E-state index contributed by atoms with van der Waals surface area (Å²) in [5.74, 6) is 1.33. The summed E-state index contributed by atoms with van der Waals surface area (Å²) < 4.78 is 6.59. The van der Waals surface area contributed by atoms with Crippen LogP contribution in [0.15, 0.2) is 47.1 Å². The lowest BCUT2D eigenvalue weighted by Gasteiger charge is -2.08. The largest absolute Gasteiger partial charge is 0.438 e. The summed E-state index contributed by atoms with van der Waals surface area (Å²) in [6, 6.07) is 11.7. The lowest BCUT2D eigenvalue weighted by molar-refractivity contribution is 0.459. The highest BCUT2D eigenvalue weighted by Gasteiger charge is 2.03. The third kappa shape index (κ3) is 3.55. The molecule has 3 nitrogen and oxygen atoms in total. The third-order valence-corrected chi connectivity index (χ3v) is 3.06. The Morgan fingerprint density at radius 1 is 1.28 bits per heavy atom. The molecule has 0 aliphatic carbocycles. The Balaban J connectivity index is 2.09. The van der Waals surface area contributed by atoms with Crippen LogP contribution >= 0.6 is 15.9 Å². The molecule has 0 fully saturated rings. The van der Waals surface area contributed by atoms with Crippen LogP contribution in [0.5, 0.6) is 11.6 Å². The summed E-state index contributed by atoms with van der Waals surface area (Å²) >= 11 is 3.43. The Kier molecular flexibility index (Phi) is 4.33. The first-order valence-electron chi connectivity index (χ1n) is 5.78. The number of para-hydroxylation sites is 1. The van der Waals surface area contributed by atoms with Gasteiger partial charge < -0.3 is 10.5 Å². The van der Waals surface area contributed by atoms with E-state index in [0.717, 1.165) is 22.2 Å². The molecule has 4 heteroatoms. The molecule has 0 aliphatic rings. The molecule has 0 saturated carbocycles. The van der Waals surface area contributed by atoms with Gasteiger partial charge in [-0.15, -0.1) is 0 Å². The lowest BCUT2D eigenvalue weighted by atomic mass is 10.1. The molecule has 0 amide bonds. The van der Waals surface area contributed by atoms with Crippen molar-refractivity contribution in [3.63, 3.8) is 0 Å². The van der Waals surface area contributed by atoms with Gasteiger partial charge in [0.05, 0.1) is 4.47 Å². The van der Waals surface area contributed by atoms with Gasteiger partial charge in [0.15, 0.2) is 0 Å². The van der Waals surface area contributed by atoms with Crippen LogP contribution in [0.1, 0.15) is 12.5 Å². The van der Waals surface area contributed by atoms with Gasteiger partial charge in [-0.3, -0.25) is 0 Å². The Hall–Kier alpha value is -1.39. The average molecular weight is 307 g/mol. The summed E-state index contributed by atoms with van der Waals surface area (Å²) in [6.45, 7) is 1.98. The fourth-order valence-electron chi connectivity index (χ4n) is 1.60. The van der Waals surface area contributed by atoms with Crippen LogP contribution in [-0.4, -0.2) is 11.0 Å².